The van der Waals surface area contributed by atoms with Gasteiger partial charge in [-0.15, -0.1) is 0 Å². The lowest BCUT2D eigenvalue weighted by Gasteiger charge is -2.22. The quantitative estimate of drug-likeness (QED) is 0.858. The second-order valence-corrected chi connectivity index (χ2v) is 6.69. The van der Waals surface area contributed by atoms with E-state index in [0.717, 1.165) is 24.8 Å². The molecule has 1 saturated heterocycles. The Kier molecular flexibility index (Phi) is 6.05. The summed E-state index contributed by atoms with van der Waals surface area (Å²) < 4.78 is 5.84. The van der Waals surface area contributed by atoms with Gasteiger partial charge in [-0.1, -0.05) is 18.2 Å². The van der Waals surface area contributed by atoms with E-state index in [2.05, 4.69) is 49.1 Å². The van der Waals surface area contributed by atoms with Crippen LogP contribution in [-0.2, 0) is 6.54 Å². The molecule has 1 N–H and O–H groups in total. The number of para-hydroxylation sites is 1. The third kappa shape index (κ3) is 5.07. The van der Waals surface area contributed by atoms with Crippen molar-refractivity contribution in [2.24, 2.45) is 5.92 Å². The highest BCUT2D eigenvalue weighted by atomic mass is 32.2. The van der Waals surface area contributed by atoms with E-state index in [0.29, 0.717) is 0 Å². The summed E-state index contributed by atoms with van der Waals surface area (Å²) in [5.41, 5.74) is 1.27. The number of rotatable bonds is 6. The Labute approximate surface area is 121 Å². The topological polar surface area (TPSA) is 21.3 Å². The number of ether oxygens (including phenoxy) is 1. The Morgan fingerprint density at radius 1 is 1.26 bits per heavy atom. The van der Waals surface area contributed by atoms with Crippen molar-refractivity contribution in [3.63, 3.8) is 0 Å². The minimum Gasteiger partial charge on any atom is -0.491 e. The van der Waals surface area contributed by atoms with Gasteiger partial charge in [-0.3, -0.25) is 0 Å². The summed E-state index contributed by atoms with van der Waals surface area (Å²) in [6.45, 7) is 6.19. The normalized spacial score (nSPS) is 16.8. The lowest BCUT2D eigenvalue weighted by atomic mass is 10.0. The zero-order chi connectivity index (χ0) is 13.5. The van der Waals surface area contributed by atoms with E-state index in [-0.39, 0.29) is 6.10 Å². The van der Waals surface area contributed by atoms with Crippen LogP contribution in [0.4, 0.5) is 0 Å². The molecule has 19 heavy (non-hydrogen) atoms. The Balaban J connectivity index is 1.81. The van der Waals surface area contributed by atoms with Crippen molar-refractivity contribution in [1.82, 2.24) is 5.32 Å². The van der Waals surface area contributed by atoms with E-state index in [1.54, 1.807) is 0 Å². The van der Waals surface area contributed by atoms with Crippen LogP contribution < -0.4 is 10.1 Å². The van der Waals surface area contributed by atoms with E-state index < -0.39 is 0 Å². The molecule has 0 amide bonds. The van der Waals surface area contributed by atoms with Gasteiger partial charge in [-0.05, 0) is 56.7 Å². The first-order chi connectivity index (χ1) is 9.25. The predicted octanol–water partition coefficient (Wildman–Crippen LogP) is 3.71. The van der Waals surface area contributed by atoms with Crippen molar-refractivity contribution >= 4 is 11.8 Å². The molecule has 1 aromatic rings. The van der Waals surface area contributed by atoms with Gasteiger partial charge in [0.25, 0.3) is 0 Å². The van der Waals surface area contributed by atoms with E-state index in [1.165, 1.54) is 29.9 Å². The fourth-order valence-electron chi connectivity index (χ4n) is 2.38. The third-order valence-electron chi connectivity index (χ3n) is 3.42. The predicted molar refractivity (Wildman–Crippen MR) is 84.0 cm³/mol. The summed E-state index contributed by atoms with van der Waals surface area (Å²) in [6.07, 6.45) is 2.96. The summed E-state index contributed by atoms with van der Waals surface area (Å²) in [6, 6.07) is 8.34. The largest absolute Gasteiger partial charge is 0.491 e. The van der Waals surface area contributed by atoms with Crippen LogP contribution in [0.3, 0.4) is 0 Å². The molecule has 2 nitrogen and oxygen atoms in total. The first-order valence-electron chi connectivity index (χ1n) is 7.28. The molecule has 0 saturated carbocycles. The van der Waals surface area contributed by atoms with Gasteiger partial charge >= 0.3 is 0 Å². The Morgan fingerprint density at radius 2 is 2.00 bits per heavy atom. The van der Waals surface area contributed by atoms with Crippen LogP contribution in [0.25, 0.3) is 0 Å². The van der Waals surface area contributed by atoms with Gasteiger partial charge in [-0.2, -0.15) is 11.8 Å². The maximum Gasteiger partial charge on any atom is 0.124 e. The smallest absolute Gasteiger partial charge is 0.124 e. The summed E-state index contributed by atoms with van der Waals surface area (Å²) in [5.74, 6) is 4.54. The molecule has 1 fully saturated rings. The van der Waals surface area contributed by atoms with Gasteiger partial charge < -0.3 is 10.1 Å². The van der Waals surface area contributed by atoms with Gasteiger partial charge in [0.05, 0.1) is 6.10 Å². The molecular formula is C16H25NOS. The minimum absolute atomic E-state index is 0.233. The number of benzene rings is 1. The molecule has 0 unspecified atom stereocenters. The van der Waals surface area contributed by atoms with Crippen molar-refractivity contribution in [3.8, 4) is 5.75 Å². The van der Waals surface area contributed by atoms with Crippen LogP contribution in [0.2, 0.25) is 0 Å². The lowest BCUT2D eigenvalue weighted by Crippen LogP contribution is -2.25. The van der Waals surface area contributed by atoms with Gasteiger partial charge in [0.2, 0.25) is 0 Å². The molecule has 1 aliphatic heterocycles. The number of hydrogen-bond donors (Lipinski definition) is 1. The first-order valence-corrected chi connectivity index (χ1v) is 8.44. The van der Waals surface area contributed by atoms with Gasteiger partial charge in [0.1, 0.15) is 5.75 Å². The fourth-order valence-corrected chi connectivity index (χ4v) is 3.58. The number of hydrogen-bond acceptors (Lipinski definition) is 3. The molecule has 0 bridgehead atoms. The van der Waals surface area contributed by atoms with Crippen molar-refractivity contribution < 1.29 is 4.74 Å². The van der Waals surface area contributed by atoms with Crippen LogP contribution in [0, 0.1) is 5.92 Å². The Hall–Kier alpha value is -0.670. The lowest BCUT2D eigenvalue weighted by molar-refractivity contribution is 0.239. The average molecular weight is 279 g/mol. The molecule has 0 aliphatic carbocycles. The summed E-state index contributed by atoms with van der Waals surface area (Å²) in [7, 11) is 0. The summed E-state index contributed by atoms with van der Waals surface area (Å²) >= 11 is 2.09. The maximum atomic E-state index is 5.84. The minimum atomic E-state index is 0.233. The number of thioether (sulfide) groups is 1. The molecule has 0 radical (unpaired) electrons. The van der Waals surface area contributed by atoms with E-state index in [4.69, 9.17) is 4.74 Å². The Morgan fingerprint density at radius 3 is 2.74 bits per heavy atom. The van der Waals surface area contributed by atoms with Gasteiger partial charge in [0.15, 0.2) is 0 Å². The van der Waals surface area contributed by atoms with Crippen LogP contribution in [0.15, 0.2) is 24.3 Å². The van der Waals surface area contributed by atoms with Crippen molar-refractivity contribution in [2.45, 2.75) is 39.3 Å². The molecule has 0 atom stereocenters. The molecule has 1 aromatic carbocycles. The van der Waals surface area contributed by atoms with Crippen molar-refractivity contribution in [3.05, 3.63) is 29.8 Å². The van der Waals surface area contributed by atoms with Crippen molar-refractivity contribution in [2.75, 3.05) is 18.1 Å². The SMILES string of the molecule is CC(C)Oc1ccccc1CNCC1CCSCC1. The second-order valence-electron chi connectivity index (χ2n) is 5.46. The standard InChI is InChI=1S/C16H25NOS/c1-13(2)18-16-6-4-3-5-15(16)12-17-11-14-7-9-19-10-8-14/h3-6,13-14,17H,7-12H2,1-2H3. The summed E-state index contributed by atoms with van der Waals surface area (Å²) in [4.78, 5) is 0. The molecule has 0 aromatic heterocycles. The second kappa shape index (κ2) is 7.81. The zero-order valence-electron chi connectivity index (χ0n) is 12.0. The van der Waals surface area contributed by atoms with E-state index in [9.17, 15) is 0 Å². The molecule has 2 rings (SSSR count). The van der Waals surface area contributed by atoms with Gasteiger partial charge in [-0.25, -0.2) is 0 Å². The maximum absolute atomic E-state index is 5.84. The van der Waals surface area contributed by atoms with Crippen LogP contribution in [0.5, 0.6) is 5.75 Å². The zero-order valence-corrected chi connectivity index (χ0v) is 12.8. The molecule has 106 valence electrons. The first kappa shape index (κ1) is 14.7. The molecule has 0 spiro atoms. The highest BCUT2D eigenvalue weighted by Gasteiger charge is 2.13. The fraction of sp³-hybridized carbons (Fsp3) is 0.625. The highest BCUT2D eigenvalue weighted by molar-refractivity contribution is 7.99. The molecule has 1 heterocycles. The highest BCUT2D eigenvalue weighted by Crippen LogP contribution is 2.23. The van der Waals surface area contributed by atoms with Crippen LogP contribution in [-0.4, -0.2) is 24.2 Å². The Bertz CT molecular complexity index is 375. The van der Waals surface area contributed by atoms with Crippen LogP contribution >= 0.6 is 11.8 Å². The van der Waals surface area contributed by atoms with Crippen molar-refractivity contribution in [1.29, 1.82) is 0 Å². The van der Waals surface area contributed by atoms with Crippen LogP contribution in [0.1, 0.15) is 32.3 Å². The third-order valence-corrected chi connectivity index (χ3v) is 4.47. The van der Waals surface area contributed by atoms with E-state index in [1.807, 2.05) is 6.07 Å². The molecule has 1 aliphatic rings. The summed E-state index contributed by atoms with van der Waals surface area (Å²) in [5, 5.41) is 3.60. The molecule has 3 heteroatoms. The van der Waals surface area contributed by atoms with Gasteiger partial charge in [0, 0.05) is 12.1 Å². The number of nitrogens with one attached hydrogen (secondary N) is 1. The average Bonchev–Trinajstić information content (AvgIpc) is 2.41. The molecular weight excluding hydrogens is 254 g/mol. The monoisotopic (exact) mass is 279 g/mol. The van der Waals surface area contributed by atoms with E-state index >= 15 is 0 Å².